The van der Waals surface area contributed by atoms with Crippen molar-refractivity contribution in [3.8, 4) is 0 Å². The molecular formula is C17H20N2O3S2. The van der Waals surface area contributed by atoms with Gasteiger partial charge < -0.3 is 10.1 Å². The van der Waals surface area contributed by atoms with E-state index in [0.717, 1.165) is 36.5 Å². The molecule has 0 fully saturated rings. The van der Waals surface area contributed by atoms with Gasteiger partial charge in [0.2, 0.25) is 0 Å². The van der Waals surface area contributed by atoms with Crippen LogP contribution in [0.3, 0.4) is 0 Å². The van der Waals surface area contributed by atoms with Crippen molar-refractivity contribution in [2.45, 2.75) is 26.8 Å². The molecule has 1 amide bonds. The van der Waals surface area contributed by atoms with E-state index >= 15 is 0 Å². The smallest absolute Gasteiger partial charge is 0.341 e. The van der Waals surface area contributed by atoms with Gasteiger partial charge >= 0.3 is 5.97 Å². The third-order valence-corrected chi connectivity index (χ3v) is 6.04. The first-order valence-corrected chi connectivity index (χ1v) is 9.72. The molecule has 0 spiro atoms. The number of hydrogen-bond donors (Lipinski definition) is 1. The summed E-state index contributed by atoms with van der Waals surface area (Å²) in [4.78, 5) is 28.9. The van der Waals surface area contributed by atoms with E-state index in [0.29, 0.717) is 22.0 Å². The lowest BCUT2D eigenvalue weighted by molar-refractivity contribution is 0.0526. The lowest BCUT2D eigenvalue weighted by Gasteiger charge is -2.25. The zero-order valence-electron chi connectivity index (χ0n) is 13.8. The van der Waals surface area contributed by atoms with Crippen LogP contribution in [0.5, 0.6) is 0 Å². The first kappa shape index (κ1) is 17.1. The van der Waals surface area contributed by atoms with Gasteiger partial charge in [0.05, 0.1) is 17.0 Å². The fourth-order valence-electron chi connectivity index (χ4n) is 2.81. The third-order valence-electron chi connectivity index (χ3n) is 4.03. The molecule has 1 aliphatic heterocycles. The Bertz CT molecular complexity index is 737. The molecule has 0 aliphatic carbocycles. The molecule has 0 aromatic carbocycles. The summed E-state index contributed by atoms with van der Waals surface area (Å²) in [5, 5.41) is 5.38. The van der Waals surface area contributed by atoms with E-state index in [9.17, 15) is 9.59 Å². The van der Waals surface area contributed by atoms with Gasteiger partial charge in [0.25, 0.3) is 5.91 Å². The number of carbonyl (C=O) groups excluding carboxylic acids is 2. The lowest BCUT2D eigenvalue weighted by Crippen LogP contribution is -2.30. The monoisotopic (exact) mass is 364 g/mol. The second-order valence-electron chi connectivity index (χ2n) is 5.48. The number of rotatable bonds is 5. The summed E-state index contributed by atoms with van der Waals surface area (Å²) in [6, 6.07) is 3.61. The first-order valence-electron chi connectivity index (χ1n) is 8.02. The third kappa shape index (κ3) is 3.38. The number of amides is 1. The molecule has 24 heavy (non-hydrogen) atoms. The van der Waals surface area contributed by atoms with Crippen LogP contribution in [-0.2, 0) is 17.7 Å². The van der Waals surface area contributed by atoms with Crippen molar-refractivity contribution in [1.29, 1.82) is 0 Å². The van der Waals surface area contributed by atoms with Crippen LogP contribution >= 0.6 is 22.7 Å². The van der Waals surface area contributed by atoms with Gasteiger partial charge in [-0.25, -0.2) is 4.79 Å². The van der Waals surface area contributed by atoms with Crippen LogP contribution < -0.4 is 5.32 Å². The zero-order valence-corrected chi connectivity index (χ0v) is 15.4. The van der Waals surface area contributed by atoms with Crippen molar-refractivity contribution < 1.29 is 14.3 Å². The number of esters is 1. The zero-order chi connectivity index (χ0) is 17.1. The minimum absolute atomic E-state index is 0.179. The number of fused-ring (bicyclic) bond motifs is 1. The number of anilines is 1. The van der Waals surface area contributed by atoms with Crippen LogP contribution in [0.4, 0.5) is 5.00 Å². The molecule has 3 rings (SSSR count). The number of ether oxygens (including phenoxy) is 1. The van der Waals surface area contributed by atoms with Crippen LogP contribution in [0.25, 0.3) is 0 Å². The lowest BCUT2D eigenvalue weighted by atomic mass is 10.0. The van der Waals surface area contributed by atoms with E-state index in [1.54, 1.807) is 13.0 Å². The van der Waals surface area contributed by atoms with E-state index in [1.807, 2.05) is 11.4 Å². The molecule has 1 aliphatic rings. The van der Waals surface area contributed by atoms with Gasteiger partial charge in [-0.1, -0.05) is 13.0 Å². The number of likely N-dealkylation sites (N-methyl/N-ethyl adjacent to an activating group) is 1. The van der Waals surface area contributed by atoms with E-state index in [2.05, 4.69) is 17.1 Å². The second-order valence-corrected chi connectivity index (χ2v) is 7.53. The van der Waals surface area contributed by atoms with E-state index < -0.39 is 0 Å². The van der Waals surface area contributed by atoms with Crippen molar-refractivity contribution in [2.24, 2.45) is 0 Å². The van der Waals surface area contributed by atoms with Crippen LogP contribution in [-0.4, -0.2) is 36.5 Å². The molecule has 2 aromatic heterocycles. The summed E-state index contributed by atoms with van der Waals surface area (Å²) in [6.45, 7) is 6.96. The molecular weight excluding hydrogens is 344 g/mol. The number of thiophene rings is 2. The number of nitrogens with zero attached hydrogens (tertiary/aromatic N) is 1. The summed E-state index contributed by atoms with van der Waals surface area (Å²) in [6.07, 6.45) is 0.808. The topological polar surface area (TPSA) is 58.6 Å². The molecule has 0 unspecified atom stereocenters. The molecule has 0 radical (unpaired) electrons. The summed E-state index contributed by atoms with van der Waals surface area (Å²) in [7, 11) is 0. The molecule has 0 saturated heterocycles. The highest BCUT2D eigenvalue weighted by molar-refractivity contribution is 7.17. The predicted molar refractivity (Wildman–Crippen MR) is 97.2 cm³/mol. The molecule has 3 heterocycles. The van der Waals surface area contributed by atoms with Gasteiger partial charge in [-0.3, -0.25) is 9.69 Å². The van der Waals surface area contributed by atoms with Crippen molar-refractivity contribution in [2.75, 3.05) is 25.0 Å². The Kier molecular flexibility index (Phi) is 5.33. The van der Waals surface area contributed by atoms with Gasteiger partial charge in [-0.05, 0) is 36.9 Å². The second kappa shape index (κ2) is 7.46. The SMILES string of the molecule is CCOC(=O)c1c(NC(=O)c2cccs2)sc2c1CCN(CC)C2. The number of nitrogens with one attached hydrogen (secondary N) is 1. The van der Waals surface area contributed by atoms with Crippen LogP contribution in [0.15, 0.2) is 17.5 Å². The Morgan fingerprint density at radius 1 is 1.38 bits per heavy atom. The number of hydrogen-bond acceptors (Lipinski definition) is 6. The van der Waals surface area contributed by atoms with Gasteiger partial charge in [0, 0.05) is 18.0 Å². The summed E-state index contributed by atoms with van der Waals surface area (Å²) < 4.78 is 5.22. The van der Waals surface area contributed by atoms with Crippen LogP contribution in [0.2, 0.25) is 0 Å². The Balaban J connectivity index is 1.93. The minimum atomic E-state index is -0.346. The normalized spacial score (nSPS) is 14.2. The molecule has 2 aromatic rings. The quantitative estimate of drug-likeness (QED) is 0.824. The maximum absolute atomic E-state index is 12.4. The highest BCUT2D eigenvalue weighted by atomic mass is 32.1. The molecule has 0 saturated carbocycles. The molecule has 0 bridgehead atoms. The molecule has 5 nitrogen and oxygen atoms in total. The predicted octanol–water partition coefficient (Wildman–Crippen LogP) is 3.62. The van der Waals surface area contributed by atoms with E-state index in [-0.39, 0.29) is 11.9 Å². The average molecular weight is 364 g/mol. The van der Waals surface area contributed by atoms with Gasteiger partial charge in [0.1, 0.15) is 5.00 Å². The molecule has 1 N–H and O–H groups in total. The fourth-order valence-corrected chi connectivity index (χ4v) is 4.70. The standard InChI is InChI=1S/C17H20N2O3S2/c1-3-19-8-7-11-13(10-19)24-16(14(11)17(21)22-4-2)18-15(20)12-6-5-9-23-12/h5-6,9H,3-4,7-8,10H2,1-2H3,(H,18,20). The highest BCUT2D eigenvalue weighted by Crippen LogP contribution is 2.38. The molecule has 128 valence electrons. The summed E-state index contributed by atoms with van der Waals surface area (Å²) in [5.41, 5.74) is 1.57. The van der Waals surface area contributed by atoms with Crippen molar-refractivity contribution in [3.05, 3.63) is 38.4 Å². The summed E-state index contributed by atoms with van der Waals surface area (Å²) in [5.74, 6) is -0.525. The van der Waals surface area contributed by atoms with Crippen molar-refractivity contribution >= 4 is 39.6 Å². The summed E-state index contributed by atoms with van der Waals surface area (Å²) >= 11 is 2.87. The molecule has 0 atom stereocenters. The first-order chi connectivity index (χ1) is 11.6. The Labute approximate surface area is 149 Å². The minimum Gasteiger partial charge on any atom is -0.462 e. The van der Waals surface area contributed by atoms with Gasteiger partial charge in [-0.2, -0.15) is 0 Å². The highest BCUT2D eigenvalue weighted by Gasteiger charge is 2.29. The van der Waals surface area contributed by atoms with Crippen molar-refractivity contribution in [3.63, 3.8) is 0 Å². The Morgan fingerprint density at radius 3 is 2.88 bits per heavy atom. The number of carbonyl (C=O) groups is 2. The molecule has 7 heteroatoms. The van der Waals surface area contributed by atoms with Gasteiger partial charge in [0.15, 0.2) is 0 Å². The largest absolute Gasteiger partial charge is 0.462 e. The van der Waals surface area contributed by atoms with E-state index in [1.165, 1.54) is 22.7 Å². The Morgan fingerprint density at radius 2 is 2.21 bits per heavy atom. The van der Waals surface area contributed by atoms with Crippen LogP contribution in [0.1, 0.15) is 44.3 Å². The van der Waals surface area contributed by atoms with Crippen LogP contribution in [0, 0.1) is 0 Å². The Hall–Kier alpha value is -1.70. The fraction of sp³-hybridized carbons (Fsp3) is 0.412. The maximum atomic E-state index is 12.4. The van der Waals surface area contributed by atoms with Gasteiger partial charge in [-0.15, -0.1) is 22.7 Å². The van der Waals surface area contributed by atoms with E-state index in [4.69, 9.17) is 4.74 Å². The average Bonchev–Trinajstić information content (AvgIpc) is 3.21. The van der Waals surface area contributed by atoms with Crippen molar-refractivity contribution in [1.82, 2.24) is 4.90 Å². The maximum Gasteiger partial charge on any atom is 0.341 e.